The molecule has 4 nitrogen and oxygen atoms in total. The number of β-amino-alcohol motifs (C(OH)–C–C–N with tert-alkyl or cyclic N) is 1. The fourth-order valence-electron chi connectivity index (χ4n) is 3.09. The maximum Gasteiger partial charge on any atom is 0.108 e. The Bertz CT molecular complexity index is 228. The lowest BCUT2D eigenvalue weighted by atomic mass is 9.88. The summed E-state index contributed by atoms with van der Waals surface area (Å²) in [4.78, 5) is 2.18. The molecular formula is C12H23NO3. The van der Waals surface area contributed by atoms with E-state index >= 15 is 0 Å². The standard InChI is InChI=1S/C12H23NO3/c1-8-11(15)12(16)10(14)7-13(8)9-5-3-2-4-6-9/h8-12,14-16H,2-7H2,1H3/t8-,10+,11-,12-/m1/s1. The van der Waals surface area contributed by atoms with Gasteiger partial charge in [-0.1, -0.05) is 19.3 Å². The highest BCUT2D eigenvalue weighted by Gasteiger charge is 2.41. The summed E-state index contributed by atoms with van der Waals surface area (Å²) < 4.78 is 0. The van der Waals surface area contributed by atoms with Crippen molar-refractivity contribution in [3.05, 3.63) is 0 Å². The number of aliphatic hydroxyl groups excluding tert-OH is 3. The molecule has 2 aliphatic rings. The van der Waals surface area contributed by atoms with Gasteiger partial charge in [-0.05, 0) is 19.8 Å². The molecule has 0 radical (unpaired) electrons. The predicted octanol–water partition coefficient (Wildman–Crippen LogP) is 0.106. The zero-order valence-corrected chi connectivity index (χ0v) is 9.92. The average molecular weight is 229 g/mol. The normalized spacial score (nSPS) is 43.5. The minimum Gasteiger partial charge on any atom is -0.389 e. The minimum absolute atomic E-state index is 0.0542. The van der Waals surface area contributed by atoms with Gasteiger partial charge in [0.15, 0.2) is 0 Å². The van der Waals surface area contributed by atoms with Gasteiger partial charge in [-0.25, -0.2) is 0 Å². The SMILES string of the molecule is C[C@@H]1[C@@H](O)[C@H](O)[C@@H](O)CN1C1CCCCC1. The van der Waals surface area contributed by atoms with Crippen LogP contribution >= 0.6 is 0 Å². The molecule has 2 fully saturated rings. The lowest BCUT2D eigenvalue weighted by Crippen LogP contribution is -2.62. The highest BCUT2D eigenvalue weighted by Crippen LogP contribution is 2.28. The van der Waals surface area contributed by atoms with Crippen LogP contribution in [0.4, 0.5) is 0 Å². The molecular weight excluding hydrogens is 206 g/mol. The summed E-state index contributed by atoms with van der Waals surface area (Å²) >= 11 is 0. The Morgan fingerprint density at radius 2 is 1.56 bits per heavy atom. The van der Waals surface area contributed by atoms with Gasteiger partial charge in [0.2, 0.25) is 0 Å². The largest absolute Gasteiger partial charge is 0.389 e. The lowest BCUT2D eigenvalue weighted by Gasteiger charge is -2.47. The van der Waals surface area contributed by atoms with Crippen LogP contribution in [0.5, 0.6) is 0 Å². The van der Waals surface area contributed by atoms with E-state index in [9.17, 15) is 15.3 Å². The number of piperidine rings is 1. The van der Waals surface area contributed by atoms with Crippen LogP contribution in [0.3, 0.4) is 0 Å². The van der Waals surface area contributed by atoms with Gasteiger partial charge in [0, 0.05) is 18.6 Å². The summed E-state index contributed by atoms with van der Waals surface area (Å²) in [6, 6.07) is 0.419. The van der Waals surface area contributed by atoms with Crippen molar-refractivity contribution >= 4 is 0 Å². The van der Waals surface area contributed by atoms with Crippen molar-refractivity contribution < 1.29 is 15.3 Å². The third-order valence-corrected chi connectivity index (χ3v) is 4.20. The number of nitrogens with zero attached hydrogens (tertiary/aromatic N) is 1. The van der Waals surface area contributed by atoms with E-state index in [-0.39, 0.29) is 6.04 Å². The number of rotatable bonds is 1. The smallest absolute Gasteiger partial charge is 0.108 e. The van der Waals surface area contributed by atoms with E-state index in [2.05, 4.69) is 4.90 Å². The number of likely N-dealkylation sites (tertiary alicyclic amines) is 1. The number of hydrogen-bond acceptors (Lipinski definition) is 4. The summed E-state index contributed by atoms with van der Waals surface area (Å²) in [5, 5.41) is 29.2. The Morgan fingerprint density at radius 1 is 0.938 bits per heavy atom. The number of aliphatic hydroxyl groups is 3. The van der Waals surface area contributed by atoms with Gasteiger partial charge in [0.25, 0.3) is 0 Å². The van der Waals surface area contributed by atoms with Crippen LogP contribution in [0.15, 0.2) is 0 Å². The first-order chi connectivity index (χ1) is 7.61. The van der Waals surface area contributed by atoms with Crippen LogP contribution in [0.1, 0.15) is 39.0 Å². The molecule has 4 heteroatoms. The Hall–Kier alpha value is -0.160. The van der Waals surface area contributed by atoms with Crippen molar-refractivity contribution in [3.8, 4) is 0 Å². The molecule has 94 valence electrons. The van der Waals surface area contributed by atoms with E-state index in [0.29, 0.717) is 12.6 Å². The fraction of sp³-hybridized carbons (Fsp3) is 1.00. The van der Waals surface area contributed by atoms with Gasteiger partial charge in [-0.2, -0.15) is 0 Å². The van der Waals surface area contributed by atoms with E-state index in [1.807, 2.05) is 6.92 Å². The monoisotopic (exact) mass is 229 g/mol. The van der Waals surface area contributed by atoms with Crippen molar-refractivity contribution in [2.24, 2.45) is 0 Å². The second-order valence-corrected chi connectivity index (χ2v) is 5.28. The third kappa shape index (κ3) is 2.25. The van der Waals surface area contributed by atoms with Crippen molar-refractivity contribution in [1.82, 2.24) is 4.90 Å². The van der Waals surface area contributed by atoms with Crippen LogP contribution in [0.25, 0.3) is 0 Å². The summed E-state index contributed by atoms with van der Waals surface area (Å²) in [5.41, 5.74) is 0. The van der Waals surface area contributed by atoms with Crippen molar-refractivity contribution in [3.63, 3.8) is 0 Å². The molecule has 16 heavy (non-hydrogen) atoms. The van der Waals surface area contributed by atoms with Gasteiger partial charge >= 0.3 is 0 Å². The predicted molar refractivity (Wildman–Crippen MR) is 61.1 cm³/mol. The minimum atomic E-state index is -0.991. The molecule has 1 aliphatic heterocycles. The van der Waals surface area contributed by atoms with Gasteiger partial charge in [-0.15, -0.1) is 0 Å². The molecule has 0 unspecified atom stereocenters. The molecule has 3 N–H and O–H groups in total. The molecule has 1 aliphatic carbocycles. The van der Waals surface area contributed by atoms with Crippen LogP contribution in [-0.4, -0.2) is 57.2 Å². The second-order valence-electron chi connectivity index (χ2n) is 5.28. The molecule has 2 rings (SSSR count). The molecule has 0 aromatic rings. The quantitative estimate of drug-likeness (QED) is 0.597. The zero-order valence-electron chi connectivity index (χ0n) is 9.92. The third-order valence-electron chi connectivity index (χ3n) is 4.20. The van der Waals surface area contributed by atoms with E-state index in [1.165, 1.54) is 19.3 Å². The first kappa shape index (κ1) is 12.3. The average Bonchev–Trinajstić information content (AvgIpc) is 2.32. The molecule has 0 spiro atoms. The molecule has 1 saturated carbocycles. The Balaban J connectivity index is 2.02. The lowest BCUT2D eigenvalue weighted by molar-refractivity contribution is -0.144. The van der Waals surface area contributed by atoms with Gasteiger partial charge < -0.3 is 15.3 Å². The highest BCUT2D eigenvalue weighted by atomic mass is 16.4. The Kier molecular flexibility index (Phi) is 3.85. The highest BCUT2D eigenvalue weighted by molar-refractivity contribution is 4.95. The summed E-state index contributed by atoms with van der Waals surface area (Å²) in [6.07, 6.45) is 3.45. The van der Waals surface area contributed by atoms with Crippen molar-refractivity contribution in [2.75, 3.05) is 6.54 Å². The Morgan fingerprint density at radius 3 is 2.19 bits per heavy atom. The topological polar surface area (TPSA) is 63.9 Å². The van der Waals surface area contributed by atoms with Gasteiger partial charge in [0.05, 0.1) is 12.2 Å². The zero-order chi connectivity index (χ0) is 11.7. The number of hydrogen-bond donors (Lipinski definition) is 3. The van der Waals surface area contributed by atoms with Crippen LogP contribution in [-0.2, 0) is 0 Å². The van der Waals surface area contributed by atoms with Crippen LogP contribution < -0.4 is 0 Å². The fourth-order valence-corrected chi connectivity index (χ4v) is 3.09. The first-order valence-corrected chi connectivity index (χ1v) is 6.41. The van der Waals surface area contributed by atoms with E-state index in [1.54, 1.807) is 0 Å². The maximum absolute atomic E-state index is 9.87. The van der Waals surface area contributed by atoms with E-state index in [4.69, 9.17) is 0 Å². The maximum atomic E-state index is 9.87. The van der Waals surface area contributed by atoms with Crippen LogP contribution in [0.2, 0.25) is 0 Å². The molecule has 0 bridgehead atoms. The molecule has 1 saturated heterocycles. The molecule has 0 aromatic heterocycles. The Labute approximate surface area is 96.9 Å². The van der Waals surface area contributed by atoms with E-state index in [0.717, 1.165) is 12.8 Å². The summed E-state index contributed by atoms with van der Waals surface area (Å²) in [6.45, 7) is 2.43. The van der Waals surface area contributed by atoms with Crippen molar-refractivity contribution in [2.45, 2.75) is 69.4 Å². The van der Waals surface area contributed by atoms with Gasteiger partial charge in [0.1, 0.15) is 6.10 Å². The molecule has 0 amide bonds. The van der Waals surface area contributed by atoms with Gasteiger partial charge in [-0.3, -0.25) is 4.90 Å². The molecule has 1 heterocycles. The summed E-state index contributed by atoms with van der Waals surface area (Å²) in [5.74, 6) is 0. The van der Waals surface area contributed by atoms with Crippen LogP contribution in [0, 0.1) is 0 Å². The second kappa shape index (κ2) is 5.00. The van der Waals surface area contributed by atoms with E-state index < -0.39 is 18.3 Å². The summed E-state index contributed by atoms with van der Waals surface area (Å²) in [7, 11) is 0. The molecule has 4 atom stereocenters. The van der Waals surface area contributed by atoms with Crippen molar-refractivity contribution in [1.29, 1.82) is 0 Å². The first-order valence-electron chi connectivity index (χ1n) is 6.41. The molecule has 0 aromatic carbocycles.